The fourth-order valence-corrected chi connectivity index (χ4v) is 2.33. The SMILES string of the molecule is CCC(OC(=O)Oc1ccc(C)c(C)c1C)c1ccccc1. The molecule has 3 heteroatoms. The average molecular weight is 298 g/mol. The molecule has 0 heterocycles. The third kappa shape index (κ3) is 3.67. The minimum Gasteiger partial charge on any atom is -0.426 e. The van der Waals surface area contributed by atoms with Crippen LogP contribution in [0.5, 0.6) is 5.75 Å². The summed E-state index contributed by atoms with van der Waals surface area (Å²) >= 11 is 0. The highest BCUT2D eigenvalue weighted by atomic mass is 16.7. The predicted octanol–water partition coefficient (Wildman–Crippen LogP) is 5.28. The van der Waals surface area contributed by atoms with Crippen LogP contribution in [0.25, 0.3) is 0 Å². The molecule has 22 heavy (non-hydrogen) atoms. The molecule has 0 amide bonds. The Kier molecular flexibility index (Phi) is 5.21. The Hall–Kier alpha value is -2.29. The molecule has 3 nitrogen and oxygen atoms in total. The van der Waals surface area contributed by atoms with Crippen LogP contribution < -0.4 is 4.74 Å². The number of carbonyl (C=O) groups is 1. The van der Waals surface area contributed by atoms with E-state index >= 15 is 0 Å². The zero-order valence-electron chi connectivity index (χ0n) is 13.6. The predicted molar refractivity (Wildman–Crippen MR) is 87.2 cm³/mol. The van der Waals surface area contributed by atoms with E-state index in [0.29, 0.717) is 12.2 Å². The number of hydrogen-bond donors (Lipinski definition) is 0. The molecule has 0 radical (unpaired) electrons. The largest absolute Gasteiger partial charge is 0.514 e. The smallest absolute Gasteiger partial charge is 0.426 e. The second-order valence-corrected chi connectivity index (χ2v) is 5.41. The summed E-state index contributed by atoms with van der Waals surface area (Å²) in [5.74, 6) is 0.552. The number of benzene rings is 2. The molecule has 2 rings (SSSR count). The fourth-order valence-electron chi connectivity index (χ4n) is 2.33. The first-order valence-electron chi connectivity index (χ1n) is 7.53. The minimum absolute atomic E-state index is 0.291. The molecule has 2 aromatic carbocycles. The van der Waals surface area contributed by atoms with Gasteiger partial charge in [0.1, 0.15) is 11.9 Å². The Morgan fingerprint density at radius 3 is 2.32 bits per heavy atom. The summed E-state index contributed by atoms with van der Waals surface area (Å²) in [6.45, 7) is 7.97. The Bertz CT molecular complexity index is 647. The van der Waals surface area contributed by atoms with Gasteiger partial charge in [-0.15, -0.1) is 0 Å². The van der Waals surface area contributed by atoms with Gasteiger partial charge in [-0.05, 0) is 55.5 Å². The van der Waals surface area contributed by atoms with Gasteiger partial charge in [-0.2, -0.15) is 0 Å². The van der Waals surface area contributed by atoms with Gasteiger partial charge in [-0.3, -0.25) is 0 Å². The number of aryl methyl sites for hydroxylation is 1. The third-order valence-corrected chi connectivity index (χ3v) is 3.98. The molecule has 1 unspecified atom stereocenters. The highest BCUT2D eigenvalue weighted by molar-refractivity contribution is 5.65. The van der Waals surface area contributed by atoms with Crippen LogP contribution in [0, 0.1) is 20.8 Å². The summed E-state index contributed by atoms with van der Waals surface area (Å²) in [6.07, 6.45) is -0.256. The van der Waals surface area contributed by atoms with E-state index in [1.54, 1.807) is 0 Å². The summed E-state index contributed by atoms with van der Waals surface area (Å²) in [5, 5.41) is 0. The van der Waals surface area contributed by atoms with Crippen molar-refractivity contribution in [2.75, 3.05) is 0 Å². The van der Waals surface area contributed by atoms with E-state index in [-0.39, 0.29) is 6.10 Å². The van der Waals surface area contributed by atoms with Gasteiger partial charge >= 0.3 is 6.16 Å². The first-order valence-corrected chi connectivity index (χ1v) is 7.53. The van der Waals surface area contributed by atoms with E-state index < -0.39 is 6.16 Å². The third-order valence-electron chi connectivity index (χ3n) is 3.98. The van der Waals surface area contributed by atoms with Crippen LogP contribution in [-0.2, 0) is 4.74 Å². The van der Waals surface area contributed by atoms with Gasteiger partial charge in [0.15, 0.2) is 0 Å². The monoisotopic (exact) mass is 298 g/mol. The first-order chi connectivity index (χ1) is 10.5. The molecule has 116 valence electrons. The van der Waals surface area contributed by atoms with Gasteiger partial charge in [-0.25, -0.2) is 4.79 Å². The molecular weight excluding hydrogens is 276 g/mol. The van der Waals surface area contributed by atoms with E-state index in [1.165, 1.54) is 5.56 Å². The lowest BCUT2D eigenvalue weighted by molar-refractivity contribution is 0.0559. The molecule has 0 aliphatic heterocycles. The summed E-state index contributed by atoms with van der Waals surface area (Å²) in [4.78, 5) is 12.1. The summed E-state index contributed by atoms with van der Waals surface area (Å²) in [6, 6.07) is 13.4. The average Bonchev–Trinajstić information content (AvgIpc) is 2.54. The van der Waals surface area contributed by atoms with Gasteiger partial charge in [0, 0.05) is 0 Å². The molecule has 0 N–H and O–H groups in total. The molecule has 0 saturated heterocycles. The van der Waals surface area contributed by atoms with Gasteiger partial charge in [-0.1, -0.05) is 43.3 Å². The van der Waals surface area contributed by atoms with E-state index in [0.717, 1.165) is 16.7 Å². The molecular formula is C19H22O3. The van der Waals surface area contributed by atoms with Crippen LogP contribution in [0.1, 0.15) is 41.7 Å². The highest BCUT2D eigenvalue weighted by Crippen LogP contribution is 2.26. The molecule has 0 spiro atoms. The van der Waals surface area contributed by atoms with Gasteiger partial charge in [0.25, 0.3) is 0 Å². The van der Waals surface area contributed by atoms with Crippen molar-refractivity contribution in [3.63, 3.8) is 0 Å². The van der Waals surface area contributed by atoms with Crippen LogP contribution in [0.4, 0.5) is 4.79 Å². The van der Waals surface area contributed by atoms with Gasteiger partial charge in [0.05, 0.1) is 0 Å². The van der Waals surface area contributed by atoms with Crippen molar-refractivity contribution in [2.24, 2.45) is 0 Å². The van der Waals surface area contributed by atoms with Crippen LogP contribution >= 0.6 is 0 Å². The second kappa shape index (κ2) is 7.12. The van der Waals surface area contributed by atoms with E-state index in [4.69, 9.17) is 9.47 Å². The Labute approximate surface area is 131 Å². The topological polar surface area (TPSA) is 35.5 Å². The van der Waals surface area contributed by atoms with Crippen molar-refractivity contribution in [3.8, 4) is 5.75 Å². The number of carbonyl (C=O) groups excluding carboxylic acids is 1. The van der Waals surface area contributed by atoms with Crippen molar-refractivity contribution in [1.29, 1.82) is 0 Å². The van der Waals surface area contributed by atoms with Crippen molar-refractivity contribution in [2.45, 2.75) is 40.2 Å². The van der Waals surface area contributed by atoms with Crippen molar-refractivity contribution in [3.05, 3.63) is 64.7 Å². The van der Waals surface area contributed by atoms with Crippen molar-refractivity contribution >= 4 is 6.16 Å². The summed E-state index contributed by atoms with van der Waals surface area (Å²) in [5.41, 5.74) is 4.23. The van der Waals surface area contributed by atoms with E-state index in [1.807, 2.05) is 70.2 Å². The second-order valence-electron chi connectivity index (χ2n) is 5.41. The number of ether oxygens (including phenoxy) is 2. The molecule has 0 fully saturated rings. The molecule has 0 aliphatic carbocycles. The normalized spacial score (nSPS) is 11.8. The lowest BCUT2D eigenvalue weighted by Gasteiger charge is -2.17. The maximum atomic E-state index is 12.1. The molecule has 0 saturated carbocycles. The van der Waals surface area contributed by atoms with Gasteiger partial charge in [0.2, 0.25) is 0 Å². The number of rotatable bonds is 4. The summed E-state index contributed by atoms with van der Waals surface area (Å²) in [7, 11) is 0. The summed E-state index contributed by atoms with van der Waals surface area (Å²) < 4.78 is 10.8. The fraction of sp³-hybridized carbons (Fsp3) is 0.316. The maximum Gasteiger partial charge on any atom is 0.514 e. The van der Waals surface area contributed by atoms with Crippen LogP contribution in [0.3, 0.4) is 0 Å². The lowest BCUT2D eigenvalue weighted by atomic mass is 10.0. The van der Waals surface area contributed by atoms with Crippen LogP contribution in [0.15, 0.2) is 42.5 Å². The molecule has 1 atom stereocenters. The maximum absolute atomic E-state index is 12.1. The molecule has 0 bridgehead atoms. The Balaban J connectivity index is 2.08. The Morgan fingerprint density at radius 1 is 1.00 bits per heavy atom. The molecule has 2 aromatic rings. The first kappa shape index (κ1) is 16.1. The number of hydrogen-bond acceptors (Lipinski definition) is 3. The van der Waals surface area contributed by atoms with E-state index in [9.17, 15) is 4.79 Å². The standard InChI is InChI=1S/C19H22O3/c1-5-17(16-9-7-6-8-10-16)21-19(20)22-18-12-11-13(2)14(3)15(18)4/h6-12,17H,5H2,1-4H3. The minimum atomic E-state index is -0.665. The van der Waals surface area contributed by atoms with Crippen LogP contribution in [0.2, 0.25) is 0 Å². The van der Waals surface area contributed by atoms with Crippen molar-refractivity contribution < 1.29 is 14.3 Å². The highest BCUT2D eigenvalue weighted by Gasteiger charge is 2.17. The van der Waals surface area contributed by atoms with E-state index in [2.05, 4.69) is 0 Å². The van der Waals surface area contributed by atoms with Crippen molar-refractivity contribution in [1.82, 2.24) is 0 Å². The molecule has 0 aliphatic rings. The lowest BCUT2D eigenvalue weighted by Crippen LogP contribution is -2.15. The quantitative estimate of drug-likeness (QED) is 0.569. The molecule has 0 aromatic heterocycles. The zero-order valence-corrected chi connectivity index (χ0v) is 13.6. The van der Waals surface area contributed by atoms with Gasteiger partial charge < -0.3 is 9.47 Å². The van der Waals surface area contributed by atoms with Crippen LogP contribution in [-0.4, -0.2) is 6.16 Å². The Morgan fingerprint density at radius 2 is 1.68 bits per heavy atom. The zero-order chi connectivity index (χ0) is 16.1.